The third kappa shape index (κ3) is 5.62. The number of carbonyl (C=O) groups is 1. The zero-order chi connectivity index (χ0) is 25.4. The van der Waals surface area contributed by atoms with Gasteiger partial charge in [0.25, 0.3) is 5.91 Å². The van der Waals surface area contributed by atoms with Crippen LogP contribution < -0.4 is 10.3 Å². The first-order valence-electron chi connectivity index (χ1n) is 11.7. The summed E-state index contributed by atoms with van der Waals surface area (Å²) in [6, 6.07) is 10.8. The normalized spacial score (nSPS) is 21.3. The molecule has 1 saturated heterocycles. The topological polar surface area (TPSA) is 83.5 Å². The third-order valence-electron chi connectivity index (χ3n) is 6.82. The van der Waals surface area contributed by atoms with Crippen LogP contribution >= 0.6 is 0 Å². The minimum atomic E-state index is -4.79. The molecule has 190 valence electrons. The third-order valence-corrected chi connectivity index (χ3v) is 6.82. The van der Waals surface area contributed by atoms with E-state index >= 15 is 0 Å². The average molecular weight is 502 g/mol. The van der Waals surface area contributed by atoms with Gasteiger partial charge in [-0.05, 0) is 41.5 Å². The van der Waals surface area contributed by atoms with E-state index in [0.717, 1.165) is 18.8 Å². The van der Waals surface area contributed by atoms with Gasteiger partial charge in [-0.2, -0.15) is 0 Å². The Morgan fingerprint density at radius 3 is 2.61 bits per heavy atom. The summed E-state index contributed by atoms with van der Waals surface area (Å²) in [7, 11) is 1.77. The van der Waals surface area contributed by atoms with Crippen LogP contribution in [0.2, 0.25) is 0 Å². The van der Waals surface area contributed by atoms with E-state index in [9.17, 15) is 22.8 Å². The van der Waals surface area contributed by atoms with E-state index in [1.807, 2.05) is 6.07 Å². The van der Waals surface area contributed by atoms with E-state index in [1.165, 1.54) is 24.3 Å². The Hall–Kier alpha value is -3.60. The van der Waals surface area contributed by atoms with E-state index < -0.39 is 6.36 Å². The first kappa shape index (κ1) is 24.1. The number of carbonyl (C=O) groups excluding carboxylic acids is 1. The number of alkyl halides is 3. The number of piperidine rings is 1. The van der Waals surface area contributed by atoms with E-state index in [1.54, 1.807) is 41.2 Å². The Morgan fingerprint density at radius 1 is 1.19 bits per heavy atom. The highest BCUT2D eigenvalue weighted by atomic mass is 19.4. The van der Waals surface area contributed by atoms with Gasteiger partial charge in [-0.1, -0.05) is 18.2 Å². The summed E-state index contributed by atoms with van der Waals surface area (Å²) in [5.74, 6) is 0.585. The van der Waals surface area contributed by atoms with Crippen molar-refractivity contribution in [3.8, 4) is 5.75 Å². The standard InChI is InChI=1S/C25H26F3N5O3/c1-31-14-22(29-15-31)24(35)33(9-16-4-2-6-18(8-16)36-25(26,27)28)13-21-19-11-32(12-20(19)21)10-17-5-3-7-23(34)30-17/h2-8,14-15,19-21H,9-13H2,1H3,(H,30,34). The summed E-state index contributed by atoms with van der Waals surface area (Å²) in [5, 5.41) is 0. The average Bonchev–Trinajstić information content (AvgIpc) is 3.13. The van der Waals surface area contributed by atoms with Crippen molar-refractivity contribution in [3.05, 3.63) is 82.3 Å². The predicted octanol–water partition coefficient (Wildman–Crippen LogP) is 3.03. The van der Waals surface area contributed by atoms with Gasteiger partial charge in [0.1, 0.15) is 11.4 Å². The number of imidazole rings is 1. The lowest BCUT2D eigenvalue weighted by molar-refractivity contribution is -0.274. The smallest absolute Gasteiger partial charge is 0.406 e. The van der Waals surface area contributed by atoms with Crippen molar-refractivity contribution in [2.24, 2.45) is 24.8 Å². The molecule has 1 N–H and O–H groups in total. The number of halogens is 3. The lowest BCUT2D eigenvalue weighted by atomic mass is 10.1. The Labute approximate surface area is 205 Å². The van der Waals surface area contributed by atoms with E-state index in [-0.39, 0.29) is 23.8 Å². The molecule has 3 heterocycles. The van der Waals surface area contributed by atoms with Crippen LogP contribution in [0.5, 0.6) is 5.75 Å². The minimum absolute atomic E-state index is 0.122. The molecule has 1 aliphatic carbocycles. The number of fused-ring (bicyclic) bond motifs is 1. The van der Waals surface area contributed by atoms with Crippen LogP contribution in [0, 0.1) is 17.8 Å². The van der Waals surface area contributed by atoms with Crippen molar-refractivity contribution in [1.82, 2.24) is 24.3 Å². The highest BCUT2D eigenvalue weighted by Gasteiger charge is 2.56. The zero-order valence-electron chi connectivity index (χ0n) is 19.6. The van der Waals surface area contributed by atoms with Gasteiger partial charge in [-0.15, -0.1) is 13.2 Å². The molecule has 8 nitrogen and oxygen atoms in total. The van der Waals surface area contributed by atoms with Crippen LogP contribution in [0.3, 0.4) is 0 Å². The Balaban J connectivity index is 1.26. The van der Waals surface area contributed by atoms with E-state index in [4.69, 9.17) is 0 Å². The first-order chi connectivity index (χ1) is 17.1. The van der Waals surface area contributed by atoms with Crippen LogP contribution in [-0.2, 0) is 20.1 Å². The Morgan fingerprint density at radius 2 is 1.94 bits per heavy atom. The summed E-state index contributed by atoms with van der Waals surface area (Å²) in [4.78, 5) is 35.8. The second kappa shape index (κ2) is 9.45. The quantitative estimate of drug-likeness (QED) is 0.513. The molecule has 11 heteroatoms. The number of nitrogens with zero attached hydrogens (tertiary/aromatic N) is 4. The second-order valence-corrected chi connectivity index (χ2v) is 9.53. The molecule has 0 radical (unpaired) electrons. The summed E-state index contributed by atoms with van der Waals surface area (Å²) >= 11 is 0. The minimum Gasteiger partial charge on any atom is -0.406 e. The number of pyridine rings is 1. The maximum atomic E-state index is 13.3. The number of hydrogen-bond acceptors (Lipinski definition) is 5. The molecule has 0 bridgehead atoms. The summed E-state index contributed by atoms with van der Waals surface area (Å²) < 4.78 is 43.7. The molecular formula is C25H26F3N5O3. The van der Waals surface area contributed by atoms with Crippen LogP contribution in [-0.4, -0.2) is 56.2 Å². The number of amides is 1. The number of rotatable bonds is 8. The maximum Gasteiger partial charge on any atom is 0.573 e. The molecule has 1 saturated carbocycles. The highest BCUT2D eigenvalue weighted by Crippen LogP contribution is 2.52. The molecule has 2 unspecified atom stereocenters. The van der Waals surface area contributed by atoms with Gasteiger partial charge in [0.2, 0.25) is 5.56 Å². The lowest BCUT2D eigenvalue weighted by Gasteiger charge is -2.25. The fourth-order valence-corrected chi connectivity index (χ4v) is 5.18. The van der Waals surface area contributed by atoms with Crippen molar-refractivity contribution < 1.29 is 22.7 Å². The fourth-order valence-electron chi connectivity index (χ4n) is 5.18. The Kier molecular flexibility index (Phi) is 6.33. The SMILES string of the molecule is Cn1cnc(C(=O)N(Cc2cccc(OC(F)(F)F)c2)CC2C3CN(Cc4cccc(=O)[nH]4)CC32)c1. The van der Waals surface area contributed by atoms with Crippen LogP contribution in [0.1, 0.15) is 21.7 Å². The van der Waals surface area contributed by atoms with Gasteiger partial charge >= 0.3 is 6.36 Å². The molecule has 1 aromatic carbocycles. The molecular weight excluding hydrogens is 475 g/mol. The zero-order valence-corrected chi connectivity index (χ0v) is 19.6. The summed E-state index contributed by atoms with van der Waals surface area (Å²) in [6.45, 7) is 3.04. The molecule has 2 fully saturated rings. The van der Waals surface area contributed by atoms with Crippen molar-refractivity contribution in [2.75, 3.05) is 19.6 Å². The number of hydrogen-bond donors (Lipinski definition) is 1. The molecule has 1 aliphatic heterocycles. The highest BCUT2D eigenvalue weighted by molar-refractivity contribution is 5.92. The molecule has 5 rings (SSSR count). The number of aryl methyl sites for hydroxylation is 1. The lowest BCUT2D eigenvalue weighted by Crippen LogP contribution is -2.35. The molecule has 2 aromatic heterocycles. The van der Waals surface area contributed by atoms with Gasteiger partial charge in [0, 0.05) is 57.7 Å². The monoisotopic (exact) mass is 501 g/mol. The fraction of sp³-hybridized carbons (Fsp3) is 0.400. The summed E-state index contributed by atoms with van der Waals surface area (Å²) in [5.41, 5.74) is 1.58. The van der Waals surface area contributed by atoms with Gasteiger partial charge < -0.3 is 19.2 Å². The number of likely N-dealkylation sites (tertiary alicyclic amines) is 1. The van der Waals surface area contributed by atoms with E-state index in [0.29, 0.717) is 42.1 Å². The largest absolute Gasteiger partial charge is 0.573 e. The number of H-pyrrole nitrogens is 1. The molecule has 0 spiro atoms. The Bertz CT molecular complexity index is 1290. The van der Waals surface area contributed by atoms with Crippen molar-refractivity contribution in [1.29, 1.82) is 0 Å². The number of benzene rings is 1. The number of aromatic nitrogens is 3. The summed E-state index contributed by atoms with van der Waals surface area (Å²) in [6.07, 6.45) is -1.61. The van der Waals surface area contributed by atoms with Gasteiger partial charge in [0.15, 0.2) is 0 Å². The predicted molar refractivity (Wildman–Crippen MR) is 124 cm³/mol. The van der Waals surface area contributed by atoms with Gasteiger partial charge in [0.05, 0.1) is 6.33 Å². The van der Waals surface area contributed by atoms with Crippen LogP contribution in [0.4, 0.5) is 13.2 Å². The van der Waals surface area contributed by atoms with Gasteiger partial charge in [-0.3, -0.25) is 14.5 Å². The van der Waals surface area contributed by atoms with Gasteiger partial charge in [-0.25, -0.2) is 4.98 Å². The van der Waals surface area contributed by atoms with E-state index in [2.05, 4.69) is 19.6 Å². The molecule has 36 heavy (non-hydrogen) atoms. The number of ether oxygens (including phenoxy) is 1. The maximum absolute atomic E-state index is 13.3. The molecule has 2 atom stereocenters. The number of nitrogens with one attached hydrogen (secondary N) is 1. The molecule has 3 aromatic rings. The second-order valence-electron chi connectivity index (χ2n) is 9.53. The van der Waals surface area contributed by atoms with Crippen molar-refractivity contribution in [2.45, 2.75) is 19.5 Å². The van der Waals surface area contributed by atoms with Crippen molar-refractivity contribution >= 4 is 5.91 Å². The first-order valence-corrected chi connectivity index (χ1v) is 11.7. The number of aromatic amines is 1. The molecule has 2 aliphatic rings. The molecule has 1 amide bonds. The van der Waals surface area contributed by atoms with Crippen LogP contribution in [0.15, 0.2) is 59.8 Å². The van der Waals surface area contributed by atoms with Crippen LogP contribution in [0.25, 0.3) is 0 Å². The van der Waals surface area contributed by atoms with Crippen molar-refractivity contribution in [3.63, 3.8) is 0 Å².